The van der Waals surface area contributed by atoms with E-state index in [0.717, 1.165) is 24.1 Å². The van der Waals surface area contributed by atoms with E-state index in [2.05, 4.69) is 13.8 Å². The van der Waals surface area contributed by atoms with E-state index in [1.54, 1.807) is 16.8 Å². The van der Waals surface area contributed by atoms with Gasteiger partial charge >= 0.3 is 5.97 Å². The Hall–Kier alpha value is -2.37. The normalized spacial score (nSPS) is 11.0. The van der Waals surface area contributed by atoms with Gasteiger partial charge in [0.25, 0.3) is 0 Å². The number of benzene rings is 1. The van der Waals surface area contributed by atoms with Crippen molar-refractivity contribution in [2.24, 2.45) is 5.92 Å². The average Bonchev–Trinajstić information content (AvgIpc) is 2.85. The van der Waals surface area contributed by atoms with Gasteiger partial charge in [0.05, 0.1) is 6.54 Å². The van der Waals surface area contributed by atoms with Crippen LogP contribution in [0.15, 0.2) is 30.5 Å². The second-order valence-corrected chi connectivity index (χ2v) is 5.75. The molecule has 0 bridgehead atoms. The highest BCUT2D eigenvalue weighted by molar-refractivity contribution is 5.86. The summed E-state index contributed by atoms with van der Waals surface area (Å²) in [5.74, 6) is -2.29. The maximum atomic E-state index is 13.1. The van der Waals surface area contributed by atoms with Crippen molar-refractivity contribution in [3.05, 3.63) is 53.4 Å². The van der Waals surface area contributed by atoms with E-state index < -0.39 is 17.6 Å². The predicted octanol–water partition coefficient (Wildman–Crippen LogP) is 3.74. The van der Waals surface area contributed by atoms with Crippen LogP contribution in [0.5, 0.6) is 5.75 Å². The number of hydrogen-bond acceptors (Lipinski definition) is 2. The van der Waals surface area contributed by atoms with Crippen molar-refractivity contribution in [1.29, 1.82) is 0 Å². The Morgan fingerprint density at radius 3 is 2.61 bits per heavy atom. The van der Waals surface area contributed by atoms with Gasteiger partial charge in [-0.2, -0.15) is 0 Å². The van der Waals surface area contributed by atoms with Crippen molar-refractivity contribution in [3.8, 4) is 5.75 Å². The quantitative estimate of drug-likeness (QED) is 0.844. The van der Waals surface area contributed by atoms with E-state index in [0.29, 0.717) is 12.5 Å². The molecule has 23 heavy (non-hydrogen) atoms. The molecule has 0 aliphatic heterocycles. The van der Waals surface area contributed by atoms with Gasteiger partial charge in [-0.15, -0.1) is 0 Å². The third-order valence-corrected chi connectivity index (χ3v) is 3.31. The van der Waals surface area contributed by atoms with Gasteiger partial charge in [-0.1, -0.05) is 13.8 Å². The summed E-state index contributed by atoms with van der Waals surface area (Å²) >= 11 is 0. The van der Waals surface area contributed by atoms with Crippen LogP contribution >= 0.6 is 0 Å². The fourth-order valence-corrected chi connectivity index (χ4v) is 2.35. The van der Waals surface area contributed by atoms with Gasteiger partial charge in [0.15, 0.2) is 11.6 Å². The molecule has 4 nitrogen and oxygen atoms in total. The van der Waals surface area contributed by atoms with Gasteiger partial charge in [-0.3, -0.25) is 0 Å². The number of carbonyl (C=O) groups is 1. The summed E-state index contributed by atoms with van der Waals surface area (Å²) in [7, 11) is 0. The Bertz CT molecular complexity index is 695. The van der Waals surface area contributed by atoms with Crippen LogP contribution in [-0.4, -0.2) is 22.2 Å². The molecule has 0 spiro atoms. The van der Waals surface area contributed by atoms with Crippen molar-refractivity contribution in [2.45, 2.75) is 26.8 Å². The number of ether oxygens (including phenoxy) is 1. The zero-order valence-electron chi connectivity index (χ0n) is 13.1. The highest BCUT2D eigenvalue weighted by Gasteiger charge is 2.13. The summed E-state index contributed by atoms with van der Waals surface area (Å²) in [5, 5.41) is 9.24. The van der Waals surface area contributed by atoms with Gasteiger partial charge in [0, 0.05) is 12.3 Å². The van der Waals surface area contributed by atoms with Crippen LogP contribution in [0.25, 0.3) is 0 Å². The summed E-state index contributed by atoms with van der Waals surface area (Å²) in [6, 6.07) is 4.94. The van der Waals surface area contributed by atoms with Crippen molar-refractivity contribution in [1.82, 2.24) is 4.57 Å². The Balaban J connectivity index is 2.02. The minimum absolute atomic E-state index is 0.154. The van der Waals surface area contributed by atoms with E-state index in [9.17, 15) is 18.7 Å². The second-order valence-electron chi connectivity index (χ2n) is 5.75. The molecule has 0 saturated heterocycles. The first-order chi connectivity index (χ1) is 10.9. The van der Waals surface area contributed by atoms with Crippen LogP contribution in [0.4, 0.5) is 8.78 Å². The lowest BCUT2D eigenvalue weighted by Gasteiger charge is -2.09. The Labute approximate surface area is 133 Å². The molecular formula is C17H19F2NO3. The fraction of sp³-hybridized carbons (Fsp3) is 0.353. The molecule has 2 rings (SSSR count). The van der Waals surface area contributed by atoms with Crippen molar-refractivity contribution >= 4 is 5.97 Å². The molecule has 0 aliphatic rings. The highest BCUT2D eigenvalue weighted by Crippen LogP contribution is 2.17. The molecule has 6 heteroatoms. The highest BCUT2D eigenvalue weighted by atomic mass is 19.2. The molecule has 124 valence electrons. The molecule has 1 aromatic heterocycles. The van der Waals surface area contributed by atoms with Crippen LogP contribution in [0.3, 0.4) is 0 Å². The number of hydrogen-bond donors (Lipinski definition) is 1. The molecule has 1 N–H and O–H groups in total. The molecule has 1 heterocycles. The third-order valence-electron chi connectivity index (χ3n) is 3.31. The molecule has 1 aromatic carbocycles. The van der Waals surface area contributed by atoms with Gasteiger partial charge in [-0.05, 0) is 36.1 Å². The number of carboxylic acid groups (broad SMARTS) is 1. The molecule has 0 unspecified atom stereocenters. The maximum Gasteiger partial charge on any atom is 0.352 e. The van der Waals surface area contributed by atoms with Crippen molar-refractivity contribution in [2.75, 3.05) is 6.61 Å². The number of rotatable bonds is 7. The van der Waals surface area contributed by atoms with E-state index in [4.69, 9.17) is 4.74 Å². The van der Waals surface area contributed by atoms with E-state index in [1.165, 1.54) is 6.07 Å². The van der Waals surface area contributed by atoms with Crippen molar-refractivity contribution in [3.63, 3.8) is 0 Å². The lowest BCUT2D eigenvalue weighted by Crippen LogP contribution is -2.13. The molecular weight excluding hydrogens is 304 g/mol. The molecule has 2 aromatic rings. The molecule has 0 fully saturated rings. The minimum atomic E-state index is -1.01. The van der Waals surface area contributed by atoms with Crippen LogP contribution in [0.1, 0.15) is 29.9 Å². The summed E-state index contributed by atoms with van der Waals surface area (Å²) in [4.78, 5) is 11.3. The molecule has 0 aliphatic carbocycles. The SMILES string of the molecule is CC(C)Cc1cc(C(=O)O)n(CCOc2ccc(F)c(F)c2)c1. The van der Waals surface area contributed by atoms with Crippen LogP contribution in [-0.2, 0) is 13.0 Å². The predicted molar refractivity (Wildman–Crippen MR) is 81.8 cm³/mol. The van der Waals surface area contributed by atoms with Gasteiger partial charge in [0.1, 0.15) is 18.1 Å². The lowest BCUT2D eigenvalue weighted by atomic mass is 10.1. The van der Waals surface area contributed by atoms with Crippen LogP contribution < -0.4 is 4.74 Å². The first kappa shape index (κ1) is 17.0. The summed E-state index contributed by atoms with van der Waals surface area (Å²) in [5.41, 5.74) is 1.14. The zero-order valence-corrected chi connectivity index (χ0v) is 13.1. The van der Waals surface area contributed by atoms with Gasteiger partial charge < -0.3 is 14.4 Å². The Morgan fingerprint density at radius 2 is 2.00 bits per heavy atom. The monoisotopic (exact) mass is 323 g/mol. The number of nitrogens with zero attached hydrogens (tertiary/aromatic N) is 1. The summed E-state index contributed by atoms with van der Waals surface area (Å²) in [6.45, 7) is 4.58. The number of carboxylic acids is 1. The largest absolute Gasteiger partial charge is 0.492 e. The maximum absolute atomic E-state index is 13.1. The number of halogens is 2. The Morgan fingerprint density at radius 1 is 1.26 bits per heavy atom. The topological polar surface area (TPSA) is 51.5 Å². The zero-order chi connectivity index (χ0) is 17.0. The van der Waals surface area contributed by atoms with E-state index in [1.807, 2.05) is 0 Å². The average molecular weight is 323 g/mol. The lowest BCUT2D eigenvalue weighted by molar-refractivity contribution is 0.0684. The molecule has 0 radical (unpaired) electrons. The molecule has 0 amide bonds. The summed E-state index contributed by atoms with van der Waals surface area (Å²) in [6.07, 6.45) is 2.58. The summed E-state index contributed by atoms with van der Waals surface area (Å²) < 4.78 is 32.9. The van der Waals surface area contributed by atoms with E-state index >= 15 is 0 Å². The number of aromatic nitrogens is 1. The second kappa shape index (κ2) is 7.26. The molecule has 0 atom stereocenters. The van der Waals surface area contributed by atoms with Gasteiger partial charge in [0.2, 0.25) is 0 Å². The molecule has 0 saturated carbocycles. The first-order valence-corrected chi connectivity index (χ1v) is 7.37. The fourth-order valence-electron chi connectivity index (χ4n) is 2.35. The van der Waals surface area contributed by atoms with Crippen LogP contribution in [0, 0.1) is 17.6 Å². The van der Waals surface area contributed by atoms with Crippen molar-refractivity contribution < 1.29 is 23.4 Å². The standard InChI is InChI=1S/C17H19F2NO3/c1-11(2)7-12-8-16(17(21)22)20(10-12)5-6-23-13-3-4-14(18)15(19)9-13/h3-4,8-11H,5-7H2,1-2H3,(H,21,22). The third kappa shape index (κ3) is 4.55. The first-order valence-electron chi connectivity index (χ1n) is 7.37. The number of aromatic carboxylic acids is 1. The smallest absolute Gasteiger partial charge is 0.352 e. The van der Waals surface area contributed by atoms with Gasteiger partial charge in [-0.25, -0.2) is 13.6 Å². The Kier molecular flexibility index (Phi) is 5.36. The van der Waals surface area contributed by atoms with E-state index in [-0.39, 0.29) is 18.1 Å². The van der Waals surface area contributed by atoms with Crippen LogP contribution in [0.2, 0.25) is 0 Å². The minimum Gasteiger partial charge on any atom is -0.492 e.